The van der Waals surface area contributed by atoms with Crippen molar-refractivity contribution in [2.24, 2.45) is 0 Å². The van der Waals surface area contributed by atoms with E-state index in [1.807, 2.05) is 31.2 Å². The number of halogens is 2. The predicted molar refractivity (Wildman–Crippen MR) is 42.2 cm³/mol. The van der Waals surface area contributed by atoms with Gasteiger partial charge in [0.15, 0.2) is 0 Å². The quantitative estimate of drug-likeness (QED) is 0.676. The van der Waals surface area contributed by atoms with Crippen LogP contribution in [0.4, 0.5) is 3.32 Å². The average Bonchev–Trinajstić information content (AvgIpc) is 1.89. The molecule has 1 aromatic rings. The molecule has 3 heteroatoms. The molecule has 0 fully saturated rings. The average molecular weight is 256 g/mol. The molecule has 0 aliphatic rings. The maximum absolute atomic E-state index is 12.2. The van der Waals surface area contributed by atoms with Gasteiger partial charge in [0, 0.05) is 0 Å². The van der Waals surface area contributed by atoms with Crippen LogP contribution in [0.3, 0.4) is 0 Å². The Morgan fingerprint density at radius 2 is 1.90 bits per heavy atom. The van der Waals surface area contributed by atoms with Gasteiger partial charge in [-0.15, -0.1) is 17.0 Å². The van der Waals surface area contributed by atoms with Crippen LogP contribution < -0.4 is 4.16 Å². The van der Waals surface area contributed by atoms with Gasteiger partial charge in [0.1, 0.15) is 0 Å². The topological polar surface area (TPSA) is 0 Å². The summed E-state index contributed by atoms with van der Waals surface area (Å²) in [6.07, 6.45) is 0. The summed E-state index contributed by atoms with van der Waals surface area (Å²) in [5, 5.41) is 0. The van der Waals surface area contributed by atoms with Crippen LogP contribution >= 0.6 is 17.0 Å². The fraction of sp³-hybridized carbons (Fsp3) is 0.143. The molecule has 0 aromatic heterocycles. The van der Waals surface area contributed by atoms with Crippen LogP contribution in [-0.4, -0.2) is 0 Å². The van der Waals surface area contributed by atoms with E-state index in [2.05, 4.69) is 0 Å². The van der Waals surface area contributed by atoms with Crippen LogP contribution in [0.2, 0.25) is 0 Å². The summed E-state index contributed by atoms with van der Waals surface area (Å²) in [5.74, 6) is 0. The molecule has 52 valence electrons. The standard InChI is InChI=1S/C7H7.BrH.FH.Zn/c1-7-5-3-2-4-6-7;;;/h2-5H,1H3;2*1H;/q;;;+1/p-1. The summed E-state index contributed by atoms with van der Waals surface area (Å²) >= 11 is -1.82. The molecule has 0 nitrogen and oxygen atoms in total. The fourth-order valence-corrected chi connectivity index (χ4v) is 1.92. The number of hydrogen-bond donors (Lipinski definition) is 0. The zero-order chi connectivity index (χ0) is 6.69. The zero-order valence-corrected chi connectivity index (χ0v) is 10.5. The van der Waals surface area contributed by atoms with E-state index in [4.69, 9.17) is 0 Å². The van der Waals surface area contributed by atoms with Crippen molar-refractivity contribution in [3.05, 3.63) is 29.8 Å². The molecule has 1 aromatic carbocycles. The minimum absolute atomic E-state index is 0. The summed E-state index contributed by atoms with van der Waals surface area (Å²) in [4.78, 5) is 0. The van der Waals surface area contributed by atoms with E-state index in [0.717, 1.165) is 9.72 Å². The predicted octanol–water partition coefficient (Wildman–Crippen LogP) is 2.17. The summed E-state index contributed by atoms with van der Waals surface area (Å²) in [7, 11) is 0. The molecule has 10 heavy (non-hydrogen) atoms. The first-order valence-electron chi connectivity index (χ1n) is 2.95. The van der Waals surface area contributed by atoms with Gasteiger partial charge < -0.3 is 0 Å². The second kappa shape index (κ2) is 4.98. The van der Waals surface area contributed by atoms with Crippen LogP contribution in [0.15, 0.2) is 24.3 Å². The molecule has 0 bridgehead atoms. The Morgan fingerprint density at radius 3 is 2.30 bits per heavy atom. The first kappa shape index (κ1) is 10.3. The third-order valence-electron chi connectivity index (χ3n) is 1.41. The van der Waals surface area contributed by atoms with Gasteiger partial charge in [0.25, 0.3) is 0 Å². The molecule has 0 spiro atoms. The van der Waals surface area contributed by atoms with Gasteiger partial charge in [0.2, 0.25) is 0 Å². The van der Waals surface area contributed by atoms with Gasteiger partial charge in [-0.1, -0.05) is 0 Å². The Hall–Kier alpha value is 0.253. The molecule has 0 N–H and O–H groups in total. The van der Waals surface area contributed by atoms with E-state index in [1.165, 1.54) is 0 Å². The van der Waals surface area contributed by atoms with E-state index in [9.17, 15) is 3.32 Å². The molecular formula is C7H8BrFZn. The van der Waals surface area contributed by atoms with Gasteiger partial charge in [-0.05, 0) is 0 Å². The third kappa shape index (κ3) is 2.47. The van der Waals surface area contributed by atoms with Crippen molar-refractivity contribution in [1.29, 1.82) is 0 Å². The molecule has 0 saturated heterocycles. The van der Waals surface area contributed by atoms with Gasteiger partial charge in [-0.25, -0.2) is 0 Å². The van der Waals surface area contributed by atoms with Crippen LogP contribution in [0, 0.1) is 6.92 Å². The number of benzene rings is 1. The van der Waals surface area contributed by atoms with Crippen molar-refractivity contribution in [2.75, 3.05) is 0 Å². The van der Waals surface area contributed by atoms with Gasteiger partial charge in [-0.3, -0.25) is 0 Å². The van der Waals surface area contributed by atoms with Crippen molar-refractivity contribution in [3.63, 3.8) is 0 Å². The van der Waals surface area contributed by atoms with Crippen LogP contribution in [0.5, 0.6) is 0 Å². The van der Waals surface area contributed by atoms with Crippen molar-refractivity contribution in [1.82, 2.24) is 0 Å². The number of aryl methyl sites for hydroxylation is 1. The SMILES string of the molecule is Br.Cc1cccc[c]1[Zn][F]. The Bertz CT molecular complexity index is 203. The van der Waals surface area contributed by atoms with Crippen LogP contribution in [-0.2, 0) is 17.6 Å². The van der Waals surface area contributed by atoms with E-state index in [0.29, 0.717) is 0 Å². The molecule has 0 radical (unpaired) electrons. The molecule has 0 atom stereocenters. The Kier molecular flexibility index (Phi) is 5.10. The van der Waals surface area contributed by atoms with E-state index >= 15 is 0 Å². The first-order valence-corrected chi connectivity index (χ1v) is 5.55. The van der Waals surface area contributed by atoms with E-state index in [-0.39, 0.29) is 17.0 Å². The zero-order valence-electron chi connectivity index (χ0n) is 5.80. The summed E-state index contributed by atoms with van der Waals surface area (Å²) < 4.78 is 13.2. The Labute approximate surface area is 78.8 Å². The first-order chi connectivity index (χ1) is 4.34. The van der Waals surface area contributed by atoms with Crippen molar-refractivity contribution < 1.29 is 20.9 Å². The summed E-state index contributed by atoms with van der Waals surface area (Å²) in [6.45, 7) is 1.96. The van der Waals surface area contributed by atoms with Gasteiger partial charge >= 0.3 is 61.9 Å². The molecular weight excluding hydrogens is 248 g/mol. The van der Waals surface area contributed by atoms with E-state index in [1.54, 1.807) is 0 Å². The molecule has 0 heterocycles. The number of rotatable bonds is 1. The van der Waals surface area contributed by atoms with E-state index < -0.39 is 17.6 Å². The minimum atomic E-state index is -1.82. The van der Waals surface area contributed by atoms with Crippen molar-refractivity contribution in [2.45, 2.75) is 6.92 Å². The van der Waals surface area contributed by atoms with Crippen molar-refractivity contribution >= 4 is 21.1 Å². The molecule has 0 aliphatic carbocycles. The monoisotopic (exact) mass is 254 g/mol. The maximum atomic E-state index is 12.2. The summed E-state index contributed by atoms with van der Waals surface area (Å²) in [6, 6.07) is 7.68. The molecule has 1 rings (SSSR count). The molecule has 0 unspecified atom stereocenters. The van der Waals surface area contributed by atoms with Crippen LogP contribution in [0.1, 0.15) is 5.56 Å². The van der Waals surface area contributed by atoms with Crippen molar-refractivity contribution in [3.8, 4) is 0 Å². The Morgan fingerprint density at radius 1 is 1.30 bits per heavy atom. The second-order valence-corrected chi connectivity index (χ2v) is 4.22. The Balaban J connectivity index is 0.000000810. The van der Waals surface area contributed by atoms with Gasteiger partial charge in [0.05, 0.1) is 0 Å². The molecule has 0 saturated carbocycles. The molecule has 0 aliphatic heterocycles. The second-order valence-electron chi connectivity index (χ2n) is 2.06. The van der Waals surface area contributed by atoms with Gasteiger partial charge in [-0.2, -0.15) is 0 Å². The fourth-order valence-electron chi connectivity index (χ4n) is 0.760. The number of hydrogen-bond acceptors (Lipinski definition) is 0. The van der Waals surface area contributed by atoms with Crippen LogP contribution in [0.25, 0.3) is 0 Å². The molecule has 0 amide bonds. The normalized spacial score (nSPS) is 7.80. The summed E-state index contributed by atoms with van der Waals surface area (Å²) in [5.41, 5.74) is 1.11. The third-order valence-corrected chi connectivity index (χ3v) is 3.67.